The fourth-order valence-corrected chi connectivity index (χ4v) is 4.04. The van der Waals surface area contributed by atoms with Gasteiger partial charge in [-0.3, -0.25) is 9.44 Å². The summed E-state index contributed by atoms with van der Waals surface area (Å²) in [7, 11) is -3.30. The van der Waals surface area contributed by atoms with Gasteiger partial charge in [0.05, 0.1) is 12.9 Å². The quantitative estimate of drug-likeness (QED) is 0.403. The molecule has 0 unspecified atom stereocenters. The van der Waals surface area contributed by atoms with Crippen molar-refractivity contribution in [2.45, 2.75) is 52.3 Å². The van der Waals surface area contributed by atoms with Gasteiger partial charge in [-0.2, -0.15) is 0 Å². The predicted octanol–water partition coefficient (Wildman–Crippen LogP) is 5.04. The third-order valence-electron chi connectivity index (χ3n) is 4.61. The van der Waals surface area contributed by atoms with Gasteiger partial charge in [0.2, 0.25) is 10.0 Å². The zero-order chi connectivity index (χ0) is 24.6. The summed E-state index contributed by atoms with van der Waals surface area (Å²) in [6, 6.07) is 12.9. The average Bonchev–Trinajstić information content (AvgIpc) is 2.70. The highest BCUT2D eigenvalue weighted by atomic mass is 32.2. The number of sulfonamides is 1. The maximum absolute atomic E-state index is 12.3. The Kier molecular flexibility index (Phi) is 9.48. The van der Waals surface area contributed by atoms with Crippen molar-refractivity contribution >= 4 is 33.7 Å². The molecule has 2 amide bonds. The molecule has 33 heavy (non-hydrogen) atoms. The second-order valence-electron chi connectivity index (χ2n) is 9.42. The van der Waals surface area contributed by atoms with Crippen LogP contribution in [0.15, 0.2) is 42.5 Å². The molecule has 0 radical (unpaired) electrons. The molecule has 0 saturated heterocycles. The first-order chi connectivity index (χ1) is 15.3. The van der Waals surface area contributed by atoms with Crippen LogP contribution in [0.25, 0.3) is 0 Å². The monoisotopic (exact) mass is 493 g/mol. The number of rotatable bonds is 10. The Morgan fingerprint density at radius 3 is 2.33 bits per heavy atom. The summed E-state index contributed by atoms with van der Waals surface area (Å²) < 4.78 is 33.8. The van der Waals surface area contributed by atoms with Gasteiger partial charge >= 0.3 is 6.03 Å². The van der Waals surface area contributed by atoms with Crippen molar-refractivity contribution in [2.24, 2.45) is 5.92 Å². The highest BCUT2D eigenvalue weighted by molar-refractivity contribution is 7.97. The van der Waals surface area contributed by atoms with E-state index in [1.54, 1.807) is 12.1 Å². The van der Waals surface area contributed by atoms with Crippen LogP contribution in [-0.2, 0) is 27.7 Å². The molecule has 0 saturated carbocycles. The van der Waals surface area contributed by atoms with Crippen LogP contribution in [-0.4, -0.2) is 27.3 Å². The van der Waals surface area contributed by atoms with Gasteiger partial charge in [0, 0.05) is 23.5 Å². The van der Waals surface area contributed by atoms with Gasteiger partial charge in [-0.05, 0) is 52.6 Å². The average molecular weight is 494 g/mol. The number of amides is 2. The normalized spacial score (nSPS) is 11.8. The number of benzene rings is 2. The zero-order valence-corrected chi connectivity index (χ0v) is 21.8. The summed E-state index contributed by atoms with van der Waals surface area (Å²) in [6.07, 6.45) is 1.11. The summed E-state index contributed by atoms with van der Waals surface area (Å²) in [4.78, 5) is 12.3. The van der Waals surface area contributed by atoms with Crippen molar-refractivity contribution in [3.63, 3.8) is 0 Å². The lowest BCUT2D eigenvalue weighted by Crippen LogP contribution is -2.31. The molecule has 7 nitrogen and oxygen atoms in total. The van der Waals surface area contributed by atoms with Crippen LogP contribution in [0.5, 0.6) is 5.75 Å². The van der Waals surface area contributed by atoms with Crippen LogP contribution in [0.1, 0.15) is 51.3 Å². The van der Waals surface area contributed by atoms with Crippen LogP contribution >= 0.6 is 11.9 Å². The van der Waals surface area contributed by atoms with Gasteiger partial charge in [-0.15, -0.1) is 0 Å². The Hall–Kier alpha value is -2.39. The van der Waals surface area contributed by atoms with Crippen LogP contribution < -0.4 is 19.5 Å². The molecular formula is C24H35N3O4S2. The molecule has 0 aliphatic heterocycles. The van der Waals surface area contributed by atoms with Crippen LogP contribution in [0.4, 0.5) is 10.5 Å². The van der Waals surface area contributed by atoms with Crippen molar-refractivity contribution in [1.29, 1.82) is 0 Å². The Labute approximate surface area is 202 Å². The molecule has 0 bridgehead atoms. The number of anilines is 1. The SMILES string of the molecule is CC(C)COc1cc(C(C)(C)C)ccc1CNC(=O)NSCc1ccc(NS(C)(=O)=O)cc1. The predicted molar refractivity (Wildman–Crippen MR) is 137 cm³/mol. The highest BCUT2D eigenvalue weighted by Crippen LogP contribution is 2.29. The maximum Gasteiger partial charge on any atom is 0.325 e. The fraction of sp³-hybridized carbons (Fsp3) is 0.458. The number of hydrogen-bond acceptors (Lipinski definition) is 5. The summed E-state index contributed by atoms with van der Waals surface area (Å²) in [5, 5.41) is 2.88. The third-order valence-corrected chi connectivity index (χ3v) is 6.02. The van der Waals surface area contributed by atoms with E-state index in [1.807, 2.05) is 18.2 Å². The molecule has 182 valence electrons. The van der Waals surface area contributed by atoms with E-state index in [-0.39, 0.29) is 11.4 Å². The molecule has 0 aliphatic carbocycles. The summed E-state index contributed by atoms with van der Waals surface area (Å²) in [6.45, 7) is 11.7. The summed E-state index contributed by atoms with van der Waals surface area (Å²) in [5.74, 6) is 1.75. The van der Waals surface area contributed by atoms with Crippen LogP contribution in [0.3, 0.4) is 0 Å². The second-order valence-corrected chi connectivity index (χ2v) is 12.0. The second kappa shape index (κ2) is 11.7. The lowest BCUT2D eigenvalue weighted by Gasteiger charge is -2.22. The molecule has 3 N–H and O–H groups in total. The van der Waals surface area contributed by atoms with E-state index in [9.17, 15) is 13.2 Å². The van der Waals surface area contributed by atoms with Gasteiger partial charge in [0.15, 0.2) is 0 Å². The van der Waals surface area contributed by atoms with Gasteiger partial charge in [-0.25, -0.2) is 13.2 Å². The molecular weight excluding hydrogens is 458 g/mol. The standard InChI is InChI=1S/C24H35N3O4S2/c1-17(2)15-31-22-13-20(24(3,4)5)10-9-19(22)14-25-23(28)26-32-16-18-7-11-21(12-8-18)27-33(6,29)30/h7-13,17,27H,14-16H2,1-6H3,(H2,25,26,28). The molecule has 0 atom stereocenters. The van der Waals surface area contributed by atoms with E-state index >= 15 is 0 Å². The lowest BCUT2D eigenvalue weighted by molar-refractivity contribution is 0.245. The minimum Gasteiger partial charge on any atom is -0.493 e. The number of carbonyl (C=O) groups is 1. The number of nitrogens with one attached hydrogen (secondary N) is 3. The number of ether oxygens (including phenoxy) is 1. The smallest absolute Gasteiger partial charge is 0.325 e. The van der Waals surface area contributed by atoms with E-state index < -0.39 is 10.0 Å². The molecule has 9 heteroatoms. The van der Waals surface area contributed by atoms with E-state index in [2.05, 4.69) is 61.5 Å². The van der Waals surface area contributed by atoms with Crippen molar-refractivity contribution in [2.75, 3.05) is 17.6 Å². The Morgan fingerprint density at radius 2 is 1.76 bits per heavy atom. The lowest BCUT2D eigenvalue weighted by atomic mass is 9.86. The van der Waals surface area contributed by atoms with Crippen molar-refractivity contribution in [3.8, 4) is 5.75 Å². The van der Waals surface area contributed by atoms with Gasteiger partial charge in [0.25, 0.3) is 0 Å². The van der Waals surface area contributed by atoms with Crippen molar-refractivity contribution < 1.29 is 17.9 Å². The number of carbonyl (C=O) groups excluding carboxylic acids is 1. The van der Waals surface area contributed by atoms with E-state index in [4.69, 9.17) is 4.74 Å². The van der Waals surface area contributed by atoms with E-state index in [1.165, 1.54) is 17.5 Å². The minimum atomic E-state index is -3.30. The van der Waals surface area contributed by atoms with Crippen molar-refractivity contribution in [3.05, 3.63) is 59.2 Å². The summed E-state index contributed by atoms with van der Waals surface area (Å²) >= 11 is 1.26. The van der Waals surface area contributed by atoms with Gasteiger partial charge in [0.1, 0.15) is 5.75 Å². The summed E-state index contributed by atoms with van der Waals surface area (Å²) in [5.41, 5.74) is 3.58. The molecule has 2 aromatic rings. The first-order valence-corrected chi connectivity index (χ1v) is 13.7. The zero-order valence-electron chi connectivity index (χ0n) is 20.2. The van der Waals surface area contributed by atoms with Gasteiger partial charge in [-0.1, -0.05) is 58.9 Å². The van der Waals surface area contributed by atoms with Crippen LogP contribution in [0, 0.1) is 5.92 Å². The molecule has 0 fully saturated rings. The molecule has 2 rings (SSSR count). The van der Waals surface area contributed by atoms with Crippen LogP contribution in [0.2, 0.25) is 0 Å². The highest BCUT2D eigenvalue weighted by Gasteiger charge is 2.17. The van der Waals surface area contributed by atoms with Gasteiger partial charge < -0.3 is 10.1 Å². The molecule has 2 aromatic carbocycles. The molecule has 0 aliphatic rings. The molecule has 0 aromatic heterocycles. The van der Waals surface area contributed by atoms with E-state index in [0.717, 1.165) is 23.1 Å². The molecule has 0 heterocycles. The number of urea groups is 1. The topological polar surface area (TPSA) is 96.5 Å². The minimum absolute atomic E-state index is 0.00890. The molecule has 0 spiro atoms. The van der Waals surface area contributed by atoms with Crippen molar-refractivity contribution in [1.82, 2.24) is 10.0 Å². The fourth-order valence-electron chi connectivity index (χ4n) is 2.84. The Morgan fingerprint density at radius 1 is 1.09 bits per heavy atom. The largest absolute Gasteiger partial charge is 0.493 e. The third kappa shape index (κ3) is 9.96. The first-order valence-electron chi connectivity index (χ1n) is 10.8. The van der Waals surface area contributed by atoms with E-state index in [0.29, 0.717) is 30.5 Å². The maximum atomic E-state index is 12.3. The number of hydrogen-bond donors (Lipinski definition) is 3. The Bertz CT molecular complexity index is 1030. The first kappa shape index (κ1) is 26.9. The Balaban J connectivity index is 1.88.